The number of imidazole rings is 1. The number of nitrogens with zero attached hydrogens (tertiary/aromatic N) is 7. The molecule has 5 heterocycles. The van der Waals surface area contributed by atoms with Gasteiger partial charge < -0.3 is 29.2 Å². The minimum Gasteiger partial charge on any atom is -0.454 e. The molecule has 212 valence electrons. The zero-order valence-corrected chi connectivity index (χ0v) is 23.0. The van der Waals surface area contributed by atoms with Crippen LogP contribution in [0.5, 0.6) is 11.5 Å². The van der Waals surface area contributed by atoms with Crippen LogP contribution in [0.3, 0.4) is 0 Å². The van der Waals surface area contributed by atoms with Crippen molar-refractivity contribution in [3.63, 3.8) is 0 Å². The first-order valence-corrected chi connectivity index (χ1v) is 14.3. The van der Waals surface area contributed by atoms with Gasteiger partial charge in [-0.2, -0.15) is 9.97 Å². The van der Waals surface area contributed by atoms with Crippen LogP contribution in [0.25, 0.3) is 11.2 Å². The number of nitrogens with one attached hydrogen (secondary N) is 1. The Bertz CT molecular complexity index is 1530. The van der Waals surface area contributed by atoms with E-state index >= 15 is 0 Å². The molecule has 4 aromatic rings. The predicted molar refractivity (Wildman–Crippen MR) is 155 cm³/mol. The molecule has 3 aliphatic heterocycles. The van der Waals surface area contributed by atoms with Crippen LogP contribution in [-0.4, -0.2) is 81.3 Å². The lowest BCUT2D eigenvalue weighted by Crippen LogP contribution is -2.46. The fraction of sp³-hybridized carbons (Fsp3) is 0.400. The Morgan fingerprint density at radius 2 is 1.73 bits per heavy atom. The number of carbonyl (C=O) groups is 1. The maximum atomic E-state index is 12.2. The standard InChI is InChI=1S/C30H34N8O3/c39-26-7-4-10-36(26)15-16-38-20-32-27-28(31-18-22-5-2-1-3-6-22)33-30(34-29(27)38)37-13-11-35(12-14-37)19-23-8-9-24-25(17-23)41-21-40-24/h1-3,5-6,8-9,17,20H,4,7,10-16,18-19,21H2,(H,31,33,34). The van der Waals surface area contributed by atoms with E-state index in [0.717, 1.165) is 74.2 Å². The molecule has 1 amide bonds. The van der Waals surface area contributed by atoms with Gasteiger partial charge >= 0.3 is 0 Å². The third-order valence-corrected chi connectivity index (χ3v) is 8.04. The van der Waals surface area contributed by atoms with Gasteiger partial charge in [0.1, 0.15) is 0 Å². The van der Waals surface area contributed by atoms with E-state index < -0.39 is 0 Å². The second kappa shape index (κ2) is 11.2. The largest absolute Gasteiger partial charge is 0.454 e. The summed E-state index contributed by atoms with van der Waals surface area (Å²) < 4.78 is 13.1. The molecule has 0 aliphatic carbocycles. The summed E-state index contributed by atoms with van der Waals surface area (Å²) in [6, 6.07) is 16.5. The lowest BCUT2D eigenvalue weighted by molar-refractivity contribution is -0.127. The predicted octanol–water partition coefficient (Wildman–Crippen LogP) is 3.11. The molecule has 0 unspecified atom stereocenters. The van der Waals surface area contributed by atoms with E-state index in [-0.39, 0.29) is 5.91 Å². The Balaban J connectivity index is 1.09. The second-order valence-corrected chi connectivity index (χ2v) is 10.8. The summed E-state index contributed by atoms with van der Waals surface area (Å²) in [6.45, 7) is 7.38. The van der Waals surface area contributed by atoms with E-state index in [1.807, 2.05) is 35.5 Å². The smallest absolute Gasteiger partial charge is 0.231 e. The van der Waals surface area contributed by atoms with E-state index in [0.29, 0.717) is 38.8 Å². The van der Waals surface area contributed by atoms with Crippen molar-refractivity contribution in [2.24, 2.45) is 0 Å². The van der Waals surface area contributed by atoms with Gasteiger partial charge in [-0.3, -0.25) is 9.69 Å². The van der Waals surface area contributed by atoms with E-state index in [9.17, 15) is 4.79 Å². The monoisotopic (exact) mass is 554 g/mol. The summed E-state index contributed by atoms with van der Waals surface area (Å²) in [6.07, 6.45) is 3.40. The molecule has 1 N–H and O–H groups in total. The first kappa shape index (κ1) is 25.6. The normalized spacial score (nSPS) is 17.1. The van der Waals surface area contributed by atoms with Gasteiger partial charge in [0.2, 0.25) is 18.6 Å². The number of anilines is 2. The summed E-state index contributed by atoms with van der Waals surface area (Å²) in [5.41, 5.74) is 3.93. The molecule has 0 bridgehead atoms. The first-order chi connectivity index (χ1) is 20.2. The molecule has 3 aliphatic rings. The van der Waals surface area contributed by atoms with E-state index in [4.69, 9.17) is 24.4 Å². The van der Waals surface area contributed by atoms with Gasteiger partial charge in [-0.05, 0) is 29.7 Å². The van der Waals surface area contributed by atoms with Gasteiger partial charge in [-0.15, -0.1) is 0 Å². The molecule has 0 spiro atoms. The molecular weight excluding hydrogens is 520 g/mol. The summed E-state index contributed by atoms with van der Waals surface area (Å²) in [5, 5.41) is 3.51. The second-order valence-electron chi connectivity index (χ2n) is 10.8. The molecular formula is C30H34N8O3. The first-order valence-electron chi connectivity index (χ1n) is 14.3. The number of ether oxygens (including phenoxy) is 2. The Morgan fingerprint density at radius 3 is 2.56 bits per heavy atom. The Morgan fingerprint density at radius 1 is 0.878 bits per heavy atom. The fourth-order valence-corrected chi connectivity index (χ4v) is 5.72. The zero-order valence-electron chi connectivity index (χ0n) is 23.0. The molecule has 2 aromatic carbocycles. The molecule has 2 aromatic heterocycles. The van der Waals surface area contributed by atoms with Gasteiger partial charge in [-0.25, -0.2) is 4.98 Å². The van der Waals surface area contributed by atoms with Gasteiger partial charge in [0.25, 0.3) is 0 Å². The third-order valence-electron chi connectivity index (χ3n) is 8.04. The molecule has 2 saturated heterocycles. The van der Waals surface area contributed by atoms with Crippen LogP contribution in [0, 0.1) is 0 Å². The van der Waals surface area contributed by atoms with Crippen LogP contribution in [0.15, 0.2) is 54.9 Å². The highest BCUT2D eigenvalue weighted by Gasteiger charge is 2.24. The number of amides is 1. The highest BCUT2D eigenvalue weighted by Crippen LogP contribution is 2.33. The van der Waals surface area contributed by atoms with Crippen molar-refractivity contribution in [3.8, 4) is 11.5 Å². The molecule has 41 heavy (non-hydrogen) atoms. The average Bonchev–Trinajstić information content (AvgIpc) is 3.75. The van der Waals surface area contributed by atoms with Crippen LogP contribution in [0.1, 0.15) is 24.0 Å². The summed E-state index contributed by atoms with van der Waals surface area (Å²) in [7, 11) is 0. The van der Waals surface area contributed by atoms with Gasteiger partial charge in [0.05, 0.1) is 6.33 Å². The van der Waals surface area contributed by atoms with E-state index in [1.54, 1.807) is 0 Å². The topological polar surface area (TPSA) is 101 Å². The number of piperazine rings is 1. The summed E-state index contributed by atoms with van der Waals surface area (Å²) >= 11 is 0. The van der Waals surface area contributed by atoms with Crippen molar-refractivity contribution in [1.82, 2.24) is 29.3 Å². The number of benzene rings is 2. The number of aromatic nitrogens is 4. The Labute approximate surface area is 238 Å². The minimum absolute atomic E-state index is 0.230. The van der Waals surface area contributed by atoms with Crippen LogP contribution in [0.4, 0.5) is 11.8 Å². The number of hydrogen-bond donors (Lipinski definition) is 1. The average molecular weight is 555 g/mol. The van der Waals surface area contributed by atoms with Crippen LogP contribution in [0.2, 0.25) is 0 Å². The van der Waals surface area contributed by atoms with Crippen LogP contribution in [-0.2, 0) is 24.4 Å². The lowest BCUT2D eigenvalue weighted by atomic mass is 10.1. The molecule has 11 nitrogen and oxygen atoms in total. The molecule has 7 rings (SSSR count). The molecule has 11 heteroatoms. The third kappa shape index (κ3) is 5.49. The number of hydrogen-bond acceptors (Lipinski definition) is 9. The Hall–Kier alpha value is -4.38. The minimum atomic E-state index is 0.230. The number of rotatable bonds is 9. The van der Waals surface area contributed by atoms with E-state index in [1.165, 1.54) is 11.1 Å². The molecule has 0 radical (unpaired) electrons. The van der Waals surface area contributed by atoms with Gasteiger partial charge in [0, 0.05) is 65.3 Å². The van der Waals surface area contributed by atoms with Crippen molar-refractivity contribution >= 4 is 28.8 Å². The maximum Gasteiger partial charge on any atom is 0.231 e. The van der Waals surface area contributed by atoms with E-state index in [2.05, 4.69) is 43.9 Å². The number of fused-ring (bicyclic) bond motifs is 2. The highest BCUT2D eigenvalue weighted by molar-refractivity contribution is 5.84. The maximum absolute atomic E-state index is 12.2. The Kier molecular flexibility index (Phi) is 7.01. The number of carbonyl (C=O) groups excluding carboxylic acids is 1. The molecule has 0 saturated carbocycles. The van der Waals surface area contributed by atoms with Gasteiger partial charge in [-0.1, -0.05) is 36.4 Å². The zero-order chi connectivity index (χ0) is 27.6. The quantitative estimate of drug-likeness (QED) is 0.334. The fourth-order valence-electron chi connectivity index (χ4n) is 5.72. The SMILES string of the molecule is O=C1CCCN1CCn1cnc2c(NCc3ccccc3)nc(N3CCN(Cc4ccc5c(c4)OCO5)CC3)nc21. The number of likely N-dealkylation sites (tertiary alicyclic amines) is 1. The van der Waals surface area contributed by atoms with Crippen molar-refractivity contribution in [3.05, 3.63) is 66.0 Å². The van der Waals surface area contributed by atoms with Crippen molar-refractivity contribution < 1.29 is 14.3 Å². The molecule has 2 fully saturated rings. The van der Waals surface area contributed by atoms with Crippen molar-refractivity contribution in [2.45, 2.75) is 32.5 Å². The van der Waals surface area contributed by atoms with Crippen molar-refractivity contribution in [1.29, 1.82) is 0 Å². The van der Waals surface area contributed by atoms with Crippen LogP contribution < -0.4 is 19.7 Å². The lowest BCUT2D eigenvalue weighted by Gasteiger charge is -2.34. The summed E-state index contributed by atoms with van der Waals surface area (Å²) in [5.74, 6) is 3.30. The van der Waals surface area contributed by atoms with Crippen molar-refractivity contribution in [2.75, 3.05) is 56.3 Å². The highest BCUT2D eigenvalue weighted by atomic mass is 16.7. The summed E-state index contributed by atoms with van der Waals surface area (Å²) in [4.78, 5) is 33.5. The van der Waals surface area contributed by atoms with Gasteiger partial charge in [0.15, 0.2) is 28.5 Å². The van der Waals surface area contributed by atoms with Crippen LogP contribution >= 0.6 is 0 Å². The molecule has 0 atom stereocenters.